The molecule has 0 saturated carbocycles. The molecule has 1 atom stereocenters. The number of methoxy groups -OCH3 is 1. The number of thioether (sulfide) groups is 1. The highest BCUT2D eigenvalue weighted by Gasteiger charge is 2.37. The van der Waals surface area contributed by atoms with Crippen LogP contribution in [0.1, 0.15) is 29.5 Å². The lowest BCUT2D eigenvalue weighted by molar-refractivity contribution is -0.135. The minimum atomic E-state index is -4.45. The molecule has 0 aromatic carbocycles. The van der Waals surface area contributed by atoms with E-state index in [4.69, 9.17) is 4.74 Å². The van der Waals surface area contributed by atoms with Crippen LogP contribution in [-0.4, -0.2) is 99.0 Å². The molecule has 224 valence electrons. The van der Waals surface area contributed by atoms with Gasteiger partial charge >= 0.3 is 6.18 Å². The number of carbonyl (C=O) groups excluding carboxylic acids is 2. The fourth-order valence-electron chi connectivity index (χ4n) is 5.64. The van der Waals surface area contributed by atoms with E-state index in [2.05, 4.69) is 30.9 Å². The summed E-state index contributed by atoms with van der Waals surface area (Å²) in [7, 11) is 1.46. The molecule has 3 aromatic heterocycles. The summed E-state index contributed by atoms with van der Waals surface area (Å²) in [5, 5.41) is 16.8. The summed E-state index contributed by atoms with van der Waals surface area (Å²) in [6, 6.07) is 1.61. The SMILES string of the molecule is COc1cc(-c2n[nH]c(C3NC=C(C4CCN(C(=O)CN5CCNC(=O)C5)CC4)S3)c2CC(F)(F)F)cn2ncnc12. The smallest absolute Gasteiger partial charge is 0.393 e. The zero-order valence-electron chi connectivity index (χ0n) is 22.8. The fourth-order valence-corrected chi connectivity index (χ4v) is 6.92. The van der Waals surface area contributed by atoms with Crippen LogP contribution >= 0.6 is 11.8 Å². The van der Waals surface area contributed by atoms with Crippen LogP contribution < -0.4 is 15.4 Å². The van der Waals surface area contributed by atoms with Gasteiger partial charge in [-0.1, -0.05) is 11.8 Å². The molecule has 3 aliphatic heterocycles. The Morgan fingerprint density at radius 3 is 2.79 bits per heavy atom. The standard InChI is InChI=1S/C26H30F3N9O3S/c1-41-18-8-16(11-38-24(18)32-14-33-38)22-17(9-26(27,28)29)23(35-34-22)25-31-10-19(42-25)15-2-5-37(6-3-15)21(40)13-36-7-4-30-20(39)12-36/h8,10-11,14-15,25,31H,2-7,9,12-13H2,1H3,(H,30,39)(H,34,35). The lowest BCUT2D eigenvalue weighted by Crippen LogP contribution is -2.52. The molecular formula is C26H30F3N9O3S. The first-order valence-electron chi connectivity index (χ1n) is 13.6. The number of likely N-dealkylation sites (tertiary alicyclic amines) is 1. The van der Waals surface area contributed by atoms with Crippen LogP contribution in [0.2, 0.25) is 0 Å². The second-order valence-corrected chi connectivity index (χ2v) is 11.7. The lowest BCUT2D eigenvalue weighted by Gasteiger charge is -2.34. The Kier molecular flexibility index (Phi) is 7.74. The van der Waals surface area contributed by atoms with E-state index in [0.29, 0.717) is 48.8 Å². The Hall–Kier alpha value is -3.79. The van der Waals surface area contributed by atoms with Crippen molar-refractivity contribution in [2.45, 2.75) is 30.8 Å². The molecule has 0 spiro atoms. The van der Waals surface area contributed by atoms with Gasteiger partial charge in [-0.2, -0.15) is 23.4 Å². The quantitative estimate of drug-likeness (QED) is 0.370. The summed E-state index contributed by atoms with van der Waals surface area (Å²) in [5.41, 5.74) is 1.45. The van der Waals surface area contributed by atoms with E-state index in [1.807, 2.05) is 16.0 Å². The molecular weight excluding hydrogens is 575 g/mol. The van der Waals surface area contributed by atoms with Crippen molar-refractivity contribution in [1.29, 1.82) is 0 Å². The van der Waals surface area contributed by atoms with Crippen molar-refractivity contribution in [1.82, 2.24) is 45.2 Å². The van der Waals surface area contributed by atoms with E-state index in [0.717, 1.165) is 17.7 Å². The van der Waals surface area contributed by atoms with Gasteiger partial charge in [0, 0.05) is 54.6 Å². The molecule has 6 rings (SSSR count). The molecule has 42 heavy (non-hydrogen) atoms. The molecule has 1 unspecified atom stereocenters. The Bertz CT molecular complexity index is 1510. The van der Waals surface area contributed by atoms with Crippen molar-refractivity contribution in [2.24, 2.45) is 5.92 Å². The number of ether oxygens (including phenoxy) is 1. The number of aromatic amines is 1. The topological polar surface area (TPSA) is 133 Å². The summed E-state index contributed by atoms with van der Waals surface area (Å²) >= 11 is 1.47. The summed E-state index contributed by atoms with van der Waals surface area (Å²) < 4.78 is 48.2. The molecule has 3 aromatic rings. The first-order valence-corrected chi connectivity index (χ1v) is 14.5. The number of fused-ring (bicyclic) bond motifs is 1. The number of allylic oxidation sites excluding steroid dienone is 1. The zero-order chi connectivity index (χ0) is 29.4. The van der Waals surface area contributed by atoms with Gasteiger partial charge in [0.2, 0.25) is 11.8 Å². The summed E-state index contributed by atoms with van der Waals surface area (Å²) in [5.74, 6) is 0.495. The Balaban J connectivity index is 1.14. The number of H-pyrrole nitrogens is 1. The second-order valence-electron chi connectivity index (χ2n) is 10.5. The fraction of sp³-hybridized carbons (Fsp3) is 0.500. The number of pyridine rings is 1. The highest BCUT2D eigenvalue weighted by atomic mass is 32.2. The maximum absolute atomic E-state index is 13.8. The van der Waals surface area contributed by atoms with Crippen LogP contribution in [0.15, 0.2) is 29.7 Å². The molecule has 0 radical (unpaired) electrons. The number of hydrogen-bond acceptors (Lipinski definition) is 9. The van der Waals surface area contributed by atoms with Crippen LogP contribution in [0, 0.1) is 5.92 Å². The Labute approximate surface area is 243 Å². The van der Waals surface area contributed by atoms with E-state index in [1.54, 1.807) is 12.3 Å². The van der Waals surface area contributed by atoms with Gasteiger partial charge in [-0.15, -0.1) is 0 Å². The predicted octanol–water partition coefficient (Wildman–Crippen LogP) is 2.08. The molecule has 2 fully saturated rings. The van der Waals surface area contributed by atoms with E-state index in [1.165, 1.54) is 29.7 Å². The van der Waals surface area contributed by atoms with Crippen molar-refractivity contribution in [3.05, 3.63) is 41.0 Å². The van der Waals surface area contributed by atoms with Crippen LogP contribution in [0.5, 0.6) is 5.75 Å². The molecule has 2 amide bonds. The maximum Gasteiger partial charge on any atom is 0.393 e. The maximum atomic E-state index is 13.8. The molecule has 16 heteroatoms. The number of amides is 2. The van der Waals surface area contributed by atoms with Gasteiger partial charge in [-0.3, -0.25) is 19.6 Å². The molecule has 3 aliphatic rings. The third-order valence-corrected chi connectivity index (χ3v) is 9.06. The number of nitrogens with zero attached hydrogens (tertiary/aromatic N) is 6. The molecule has 6 heterocycles. The van der Waals surface area contributed by atoms with Gasteiger partial charge in [0.15, 0.2) is 11.4 Å². The average Bonchev–Trinajstić information content (AvgIpc) is 3.71. The summed E-state index contributed by atoms with van der Waals surface area (Å²) in [6.07, 6.45) is 0.687. The first kappa shape index (κ1) is 28.3. The third-order valence-electron chi connectivity index (χ3n) is 7.73. The van der Waals surface area contributed by atoms with Crippen molar-refractivity contribution in [3.8, 4) is 17.0 Å². The van der Waals surface area contributed by atoms with Gasteiger partial charge in [0.1, 0.15) is 11.7 Å². The van der Waals surface area contributed by atoms with Crippen molar-refractivity contribution in [2.75, 3.05) is 46.4 Å². The number of aromatic nitrogens is 5. The van der Waals surface area contributed by atoms with Crippen molar-refractivity contribution < 1.29 is 27.5 Å². The summed E-state index contributed by atoms with van der Waals surface area (Å²) in [6.45, 7) is 2.82. The zero-order valence-corrected chi connectivity index (χ0v) is 23.6. The molecule has 12 nitrogen and oxygen atoms in total. The minimum absolute atomic E-state index is 0.00898. The highest BCUT2D eigenvalue weighted by molar-refractivity contribution is 8.03. The Morgan fingerprint density at radius 2 is 2.05 bits per heavy atom. The monoisotopic (exact) mass is 605 g/mol. The van der Waals surface area contributed by atoms with Gasteiger partial charge in [0.05, 0.1) is 38.0 Å². The van der Waals surface area contributed by atoms with E-state index in [-0.39, 0.29) is 42.1 Å². The number of piperazine rings is 1. The number of nitrogens with one attached hydrogen (secondary N) is 3. The van der Waals surface area contributed by atoms with Gasteiger partial charge in [-0.05, 0) is 24.8 Å². The molecule has 3 N–H and O–H groups in total. The van der Waals surface area contributed by atoms with E-state index < -0.39 is 18.0 Å². The van der Waals surface area contributed by atoms with Crippen LogP contribution in [-0.2, 0) is 16.0 Å². The normalized spacial score (nSPS) is 20.5. The number of alkyl halides is 3. The number of piperidine rings is 1. The minimum Gasteiger partial charge on any atom is -0.493 e. The lowest BCUT2D eigenvalue weighted by atomic mass is 9.96. The largest absolute Gasteiger partial charge is 0.493 e. The number of hydrogen-bond donors (Lipinski definition) is 3. The number of halogens is 3. The Morgan fingerprint density at radius 1 is 1.24 bits per heavy atom. The number of rotatable bonds is 7. The molecule has 0 aliphatic carbocycles. The molecule has 0 bridgehead atoms. The van der Waals surface area contributed by atoms with Gasteiger partial charge in [0.25, 0.3) is 0 Å². The van der Waals surface area contributed by atoms with E-state index in [9.17, 15) is 22.8 Å². The van der Waals surface area contributed by atoms with Gasteiger partial charge < -0.3 is 20.3 Å². The van der Waals surface area contributed by atoms with Crippen LogP contribution in [0.4, 0.5) is 13.2 Å². The van der Waals surface area contributed by atoms with Gasteiger partial charge in [-0.25, -0.2) is 9.50 Å². The number of carbonyl (C=O) groups is 2. The molecule has 2 saturated heterocycles. The average molecular weight is 606 g/mol. The van der Waals surface area contributed by atoms with Crippen LogP contribution in [0.25, 0.3) is 16.9 Å². The van der Waals surface area contributed by atoms with E-state index >= 15 is 0 Å². The second kappa shape index (κ2) is 11.5. The van der Waals surface area contributed by atoms with Crippen LogP contribution in [0.3, 0.4) is 0 Å². The first-order chi connectivity index (χ1) is 20.2. The summed E-state index contributed by atoms with van der Waals surface area (Å²) in [4.78, 5) is 33.3. The highest BCUT2D eigenvalue weighted by Crippen LogP contribution is 2.46. The predicted molar refractivity (Wildman–Crippen MR) is 147 cm³/mol. The van der Waals surface area contributed by atoms with Crippen molar-refractivity contribution in [3.63, 3.8) is 0 Å². The van der Waals surface area contributed by atoms with Crippen molar-refractivity contribution >= 4 is 29.2 Å². The third kappa shape index (κ3) is 5.90.